The predicted octanol–water partition coefficient (Wildman–Crippen LogP) is 1.23. The summed E-state index contributed by atoms with van der Waals surface area (Å²) in [5.41, 5.74) is 0.166. The Bertz CT molecular complexity index is 636. The van der Waals surface area contributed by atoms with Gasteiger partial charge >= 0.3 is 5.97 Å². The lowest BCUT2D eigenvalue weighted by atomic mass is 10.2. The van der Waals surface area contributed by atoms with Gasteiger partial charge in [-0.05, 0) is 13.0 Å². The smallest absolute Gasteiger partial charge is 0.356 e. The van der Waals surface area contributed by atoms with E-state index in [2.05, 4.69) is 10.1 Å². The minimum absolute atomic E-state index is 0.106. The molecule has 0 fully saturated rings. The first-order valence-electron chi connectivity index (χ1n) is 4.93. The summed E-state index contributed by atoms with van der Waals surface area (Å²) in [5.74, 6) is -1.98. The third-order valence-electron chi connectivity index (χ3n) is 2.37. The summed E-state index contributed by atoms with van der Waals surface area (Å²) in [6.45, 7) is 1.60. The summed E-state index contributed by atoms with van der Waals surface area (Å²) in [6, 6.07) is 1.32. The summed E-state index contributed by atoms with van der Waals surface area (Å²) < 4.78 is 14.6. The van der Waals surface area contributed by atoms with Crippen LogP contribution >= 0.6 is 0 Å². The van der Waals surface area contributed by atoms with Gasteiger partial charge in [-0.3, -0.25) is 9.78 Å². The Hall–Kier alpha value is -2.57. The zero-order valence-corrected chi connectivity index (χ0v) is 9.29. The number of hydrogen-bond acceptors (Lipinski definition) is 4. The zero-order chi connectivity index (χ0) is 13.3. The van der Waals surface area contributed by atoms with Gasteiger partial charge in [-0.1, -0.05) is 0 Å². The number of carbonyl (C=O) groups is 2. The maximum atomic E-state index is 13.4. The van der Waals surface area contributed by atoms with Crippen molar-refractivity contribution in [2.45, 2.75) is 6.92 Å². The molecule has 7 heteroatoms. The number of aromatic nitrogens is 3. The van der Waals surface area contributed by atoms with E-state index in [1.54, 1.807) is 6.92 Å². The van der Waals surface area contributed by atoms with Crippen molar-refractivity contribution in [1.29, 1.82) is 0 Å². The number of rotatable bonds is 3. The second-order valence-electron chi connectivity index (χ2n) is 3.56. The van der Waals surface area contributed by atoms with Crippen LogP contribution in [0.25, 0.3) is 5.69 Å². The number of aldehydes is 1. The molecule has 0 aliphatic heterocycles. The van der Waals surface area contributed by atoms with Crippen LogP contribution in [0.5, 0.6) is 0 Å². The van der Waals surface area contributed by atoms with Crippen molar-refractivity contribution in [2.75, 3.05) is 0 Å². The normalized spacial score (nSPS) is 10.3. The summed E-state index contributed by atoms with van der Waals surface area (Å²) in [7, 11) is 0. The molecule has 0 saturated heterocycles. The molecule has 0 unspecified atom stereocenters. The Balaban J connectivity index is 2.65. The highest BCUT2D eigenvalue weighted by atomic mass is 19.1. The third kappa shape index (κ3) is 1.86. The summed E-state index contributed by atoms with van der Waals surface area (Å²) in [4.78, 5) is 25.3. The van der Waals surface area contributed by atoms with Crippen molar-refractivity contribution < 1.29 is 19.1 Å². The molecule has 1 N–H and O–H groups in total. The highest BCUT2D eigenvalue weighted by Gasteiger charge is 2.16. The Morgan fingerprint density at radius 2 is 2.22 bits per heavy atom. The molecule has 0 aliphatic carbocycles. The summed E-state index contributed by atoms with van der Waals surface area (Å²) >= 11 is 0. The van der Waals surface area contributed by atoms with Crippen LogP contribution in [0.2, 0.25) is 0 Å². The highest BCUT2D eigenvalue weighted by Crippen LogP contribution is 2.17. The molecule has 0 aliphatic rings. The van der Waals surface area contributed by atoms with Gasteiger partial charge in [-0.2, -0.15) is 5.10 Å². The number of halogens is 1. The van der Waals surface area contributed by atoms with Crippen LogP contribution in [-0.2, 0) is 0 Å². The molecular formula is C11H8FN3O3. The van der Waals surface area contributed by atoms with Gasteiger partial charge in [0.2, 0.25) is 0 Å². The van der Waals surface area contributed by atoms with Gasteiger partial charge in [0.15, 0.2) is 17.8 Å². The van der Waals surface area contributed by atoms with Crippen LogP contribution in [0.3, 0.4) is 0 Å². The van der Waals surface area contributed by atoms with E-state index in [0.717, 1.165) is 6.20 Å². The fourth-order valence-corrected chi connectivity index (χ4v) is 1.54. The zero-order valence-electron chi connectivity index (χ0n) is 9.29. The van der Waals surface area contributed by atoms with Crippen molar-refractivity contribution in [1.82, 2.24) is 14.8 Å². The SMILES string of the molecule is Cc1cc(C(=O)O)nn1-c1cncc(F)c1C=O. The largest absolute Gasteiger partial charge is 0.476 e. The Morgan fingerprint density at radius 3 is 2.78 bits per heavy atom. The van der Waals surface area contributed by atoms with Crippen LogP contribution in [-0.4, -0.2) is 32.1 Å². The number of carbonyl (C=O) groups excluding carboxylic acids is 1. The lowest BCUT2D eigenvalue weighted by Gasteiger charge is -2.06. The third-order valence-corrected chi connectivity index (χ3v) is 2.37. The first kappa shape index (κ1) is 11.9. The quantitative estimate of drug-likeness (QED) is 0.827. The molecule has 0 spiro atoms. The average molecular weight is 249 g/mol. The molecule has 0 aromatic carbocycles. The monoisotopic (exact) mass is 249 g/mol. The van der Waals surface area contributed by atoms with E-state index in [4.69, 9.17) is 5.11 Å². The van der Waals surface area contributed by atoms with Gasteiger partial charge < -0.3 is 5.11 Å². The minimum Gasteiger partial charge on any atom is -0.476 e. The predicted molar refractivity (Wildman–Crippen MR) is 58.4 cm³/mol. The number of carboxylic acid groups (broad SMARTS) is 1. The van der Waals surface area contributed by atoms with E-state index in [9.17, 15) is 14.0 Å². The Kier molecular flexibility index (Phi) is 2.88. The topological polar surface area (TPSA) is 85.1 Å². The van der Waals surface area contributed by atoms with Crippen molar-refractivity contribution in [3.05, 3.63) is 41.2 Å². The van der Waals surface area contributed by atoms with Crippen LogP contribution in [0.1, 0.15) is 26.5 Å². The average Bonchev–Trinajstić information content (AvgIpc) is 2.71. The molecular weight excluding hydrogens is 241 g/mol. The lowest BCUT2D eigenvalue weighted by Crippen LogP contribution is -2.07. The van der Waals surface area contributed by atoms with Crippen molar-refractivity contribution in [3.63, 3.8) is 0 Å². The number of aromatic carboxylic acids is 1. The van der Waals surface area contributed by atoms with Gasteiger partial charge in [0.25, 0.3) is 0 Å². The lowest BCUT2D eigenvalue weighted by molar-refractivity contribution is 0.0690. The van der Waals surface area contributed by atoms with Crippen LogP contribution in [0.4, 0.5) is 4.39 Å². The molecule has 6 nitrogen and oxygen atoms in total. The molecule has 2 aromatic rings. The molecule has 0 bridgehead atoms. The molecule has 92 valence electrons. The van der Waals surface area contributed by atoms with Crippen molar-refractivity contribution in [2.24, 2.45) is 0 Å². The minimum atomic E-state index is -1.20. The van der Waals surface area contributed by atoms with Crippen LogP contribution in [0, 0.1) is 12.7 Å². The standard InChI is InChI=1S/C11H8FN3O3/c1-6-2-9(11(17)18)14-15(6)10-4-13-3-8(12)7(10)5-16/h2-5H,1H3,(H,17,18). The van der Waals surface area contributed by atoms with E-state index < -0.39 is 11.8 Å². The van der Waals surface area contributed by atoms with E-state index in [0.29, 0.717) is 12.0 Å². The van der Waals surface area contributed by atoms with Gasteiger partial charge in [0, 0.05) is 5.69 Å². The van der Waals surface area contributed by atoms with Gasteiger partial charge in [-0.25, -0.2) is 13.9 Å². The fourth-order valence-electron chi connectivity index (χ4n) is 1.54. The molecule has 0 atom stereocenters. The van der Waals surface area contributed by atoms with Crippen molar-refractivity contribution >= 4 is 12.3 Å². The molecule has 0 amide bonds. The molecule has 0 saturated carbocycles. The Morgan fingerprint density at radius 1 is 1.50 bits per heavy atom. The summed E-state index contributed by atoms with van der Waals surface area (Å²) in [5, 5.41) is 12.6. The van der Waals surface area contributed by atoms with Gasteiger partial charge in [0.05, 0.1) is 23.6 Å². The van der Waals surface area contributed by atoms with E-state index in [1.165, 1.54) is 16.9 Å². The highest BCUT2D eigenvalue weighted by molar-refractivity contribution is 5.86. The number of pyridine rings is 1. The molecule has 2 heterocycles. The van der Waals surface area contributed by atoms with Gasteiger partial charge in [0.1, 0.15) is 0 Å². The molecule has 2 rings (SSSR count). The molecule has 0 radical (unpaired) electrons. The number of carboxylic acids is 1. The second kappa shape index (κ2) is 4.36. The second-order valence-corrected chi connectivity index (χ2v) is 3.56. The first-order valence-corrected chi connectivity index (χ1v) is 4.93. The summed E-state index contributed by atoms with van der Waals surface area (Å²) in [6.07, 6.45) is 2.50. The number of aryl methyl sites for hydroxylation is 1. The number of nitrogens with zero attached hydrogens (tertiary/aromatic N) is 3. The first-order chi connectivity index (χ1) is 8.54. The fraction of sp³-hybridized carbons (Fsp3) is 0.0909. The maximum Gasteiger partial charge on any atom is 0.356 e. The maximum absolute atomic E-state index is 13.4. The van der Waals surface area contributed by atoms with Crippen LogP contribution < -0.4 is 0 Å². The Labute approximate surface area is 101 Å². The molecule has 18 heavy (non-hydrogen) atoms. The van der Waals surface area contributed by atoms with E-state index in [1.807, 2.05) is 0 Å². The molecule has 2 aromatic heterocycles. The van der Waals surface area contributed by atoms with Crippen molar-refractivity contribution in [3.8, 4) is 5.69 Å². The van der Waals surface area contributed by atoms with Crippen LogP contribution in [0.15, 0.2) is 18.5 Å². The van der Waals surface area contributed by atoms with E-state index >= 15 is 0 Å². The number of hydrogen-bond donors (Lipinski definition) is 1. The van der Waals surface area contributed by atoms with E-state index in [-0.39, 0.29) is 16.9 Å². The van der Waals surface area contributed by atoms with Gasteiger partial charge in [-0.15, -0.1) is 0 Å².